The molecule has 38 heavy (non-hydrogen) atoms. The van der Waals surface area contributed by atoms with Crippen LogP contribution < -0.4 is 20.9 Å². The summed E-state index contributed by atoms with van der Waals surface area (Å²) in [6.07, 6.45) is -0.408. The molecule has 7 nitrogen and oxygen atoms in total. The average molecular weight is 564 g/mol. The number of anilines is 1. The van der Waals surface area contributed by atoms with Crippen molar-refractivity contribution in [3.8, 4) is 16.9 Å². The summed E-state index contributed by atoms with van der Waals surface area (Å²) in [5, 5.41) is 15.3. The molecule has 0 heterocycles. The van der Waals surface area contributed by atoms with E-state index in [1.165, 1.54) is 51.3 Å². The summed E-state index contributed by atoms with van der Waals surface area (Å²) >= 11 is 12.7. The number of methoxy groups -OCH3 is 1. The second kappa shape index (κ2) is 12.3. The number of ether oxygens (including phenoxy) is 1. The summed E-state index contributed by atoms with van der Waals surface area (Å²) in [5.41, 5.74) is 2.28. The molecule has 0 saturated heterocycles. The van der Waals surface area contributed by atoms with Gasteiger partial charge >= 0.3 is 0 Å². The molecule has 2 amide bonds. The van der Waals surface area contributed by atoms with Gasteiger partial charge in [-0.05, 0) is 49.4 Å². The Morgan fingerprint density at radius 3 is 2.29 bits per heavy atom. The molecule has 3 aromatic carbocycles. The van der Waals surface area contributed by atoms with Gasteiger partial charge in [0.25, 0.3) is 17.7 Å². The van der Waals surface area contributed by atoms with Gasteiger partial charge in [0.05, 0.1) is 17.2 Å². The first kappa shape index (κ1) is 28.9. The normalized spacial score (nSPS) is 11.9. The van der Waals surface area contributed by atoms with E-state index in [0.29, 0.717) is 26.9 Å². The number of hydrogen-bond acceptors (Lipinski definition) is 5. The molecule has 0 fully saturated rings. The summed E-state index contributed by atoms with van der Waals surface area (Å²) in [5.74, 6) is -4.11. The molecule has 3 rings (SSSR count). The van der Waals surface area contributed by atoms with Crippen LogP contribution in [0.1, 0.15) is 36.2 Å². The van der Waals surface area contributed by atoms with Gasteiger partial charge in [0, 0.05) is 40.1 Å². The van der Waals surface area contributed by atoms with Crippen LogP contribution >= 0.6 is 23.2 Å². The summed E-state index contributed by atoms with van der Waals surface area (Å²) in [4.78, 5) is 25.8. The Balaban J connectivity index is 1.87. The molecule has 0 unspecified atom stereocenters. The standard InChI is InChI=1S/C27H25Cl2F2N3O4/c1-4-27(30,31)17-7-5-8-18(14-17)33-26(36)24(34-37)15(2)32-25(35)16-11-12-22(38-3)19(13-16)23-20(28)9-6-10-21(23)29/h5-14,34,37H,4H2,1-3H3,(H,32,35)(H,33,36)/b24-15-. The molecule has 0 aliphatic carbocycles. The number of carbonyl (C=O) groups is 2. The highest BCUT2D eigenvalue weighted by Crippen LogP contribution is 2.40. The van der Waals surface area contributed by atoms with E-state index >= 15 is 0 Å². The summed E-state index contributed by atoms with van der Waals surface area (Å²) in [6, 6.07) is 14.8. The van der Waals surface area contributed by atoms with Crippen molar-refractivity contribution in [3.05, 3.63) is 93.2 Å². The number of rotatable bonds is 9. The molecular formula is C27H25Cl2F2N3O4. The van der Waals surface area contributed by atoms with E-state index in [9.17, 15) is 23.6 Å². The maximum Gasteiger partial charge on any atom is 0.275 e. The van der Waals surface area contributed by atoms with Crippen molar-refractivity contribution >= 4 is 40.7 Å². The van der Waals surface area contributed by atoms with Crippen molar-refractivity contribution in [3.63, 3.8) is 0 Å². The zero-order chi connectivity index (χ0) is 28.0. The van der Waals surface area contributed by atoms with Crippen LogP contribution in [0.2, 0.25) is 10.0 Å². The predicted molar refractivity (Wildman–Crippen MR) is 143 cm³/mol. The van der Waals surface area contributed by atoms with E-state index in [4.69, 9.17) is 27.9 Å². The van der Waals surface area contributed by atoms with E-state index in [0.717, 1.165) is 6.07 Å². The van der Waals surface area contributed by atoms with E-state index in [-0.39, 0.29) is 22.5 Å². The molecule has 4 N–H and O–H groups in total. The minimum atomic E-state index is -3.07. The zero-order valence-electron chi connectivity index (χ0n) is 20.7. The molecule has 0 spiro atoms. The van der Waals surface area contributed by atoms with E-state index < -0.39 is 29.9 Å². The maximum absolute atomic E-state index is 14.0. The van der Waals surface area contributed by atoms with E-state index in [1.807, 2.05) is 0 Å². The van der Waals surface area contributed by atoms with Crippen LogP contribution in [0.15, 0.2) is 72.1 Å². The third-order valence-corrected chi connectivity index (χ3v) is 6.33. The monoisotopic (exact) mass is 563 g/mol. The lowest BCUT2D eigenvalue weighted by Gasteiger charge is -2.17. The van der Waals surface area contributed by atoms with Gasteiger partial charge in [-0.3, -0.25) is 20.3 Å². The molecule has 0 saturated carbocycles. The van der Waals surface area contributed by atoms with Gasteiger partial charge in [-0.2, -0.15) is 0 Å². The van der Waals surface area contributed by atoms with Crippen molar-refractivity contribution in [1.82, 2.24) is 10.8 Å². The summed E-state index contributed by atoms with van der Waals surface area (Å²) in [7, 11) is 1.47. The quantitative estimate of drug-likeness (QED) is 0.170. The Morgan fingerprint density at radius 2 is 1.68 bits per heavy atom. The van der Waals surface area contributed by atoms with E-state index in [1.54, 1.807) is 29.7 Å². The number of hydrogen-bond donors (Lipinski definition) is 4. The number of hydroxylamine groups is 1. The van der Waals surface area contributed by atoms with Crippen molar-refractivity contribution in [2.75, 3.05) is 12.4 Å². The largest absolute Gasteiger partial charge is 0.496 e. The Labute approximate surface area is 228 Å². The predicted octanol–water partition coefficient (Wildman–Crippen LogP) is 6.75. The second-order valence-electron chi connectivity index (χ2n) is 8.17. The average Bonchev–Trinajstić information content (AvgIpc) is 2.89. The number of benzene rings is 3. The van der Waals surface area contributed by atoms with Crippen molar-refractivity contribution in [2.24, 2.45) is 0 Å². The lowest BCUT2D eigenvalue weighted by molar-refractivity contribution is -0.114. The van der Waals surface area contributed by atoms with Crippen LogP contribution in [0, 0.1) is 0 Å². The first-order valence-corrected chi connectivity index (χ1v) is 12.1. The third-order valence-electron chi connectivity index (χ3n) is 5.70. The van der Waals surface area contributed by atoms with Gasteiger partial charge in [-0.15, -0.1) is 0 Å². The van der Waals surface area contributed by atoms with Crippen LogP contribution in [0.4, 0.5) is 14.5 Å². The highest BCUT2D eigenvalue weighted by molar-refractivity contribution is 6.39. The zero-order valence-corrected chi connectivity index (χ0v) is 22.2. The number of halogens is 4. The van der Waals surface area contributed by atoms with Gasteiger partial charge in [-0.25, -0.2) is 8.78 Å². The lowest BCUT2D eigenvalue weighted by atomic mass is 10.0. The van der Waals surface area contributed by atoms with Crippen LogP contribution in [-0.2, 0) is 10.7 Å². The van der Waals surface area contributed by atoms with Crippen LogP contribution in [0.5, 0.6) is 5.75 Å². The Morgan fingerprint density at radius 1 is 1.03 bits per heavy atom. The SMILES string of the molecule is CCC(F)(F)c1cccc(NC(=O)/C(NO)=C(\C)NC(=O)c2ccc(OC)c(-c3c(Cl)cccc3Cl)c2)c1. The molecular weight excluding hydrogens is 539 g/mol. The van der Waals surface area contributed by atoms with Crippen molar-refractivity contribution in [2.45, 2.75) is 26.2 Å². The second-order valence-corrected chi connectivity index (χ2v) is 8.98. The number of nitrogens with one attached hydrogen (secondary N) is 3. The first-order valence-electron chi connectivity index (χ1n) is 11.4. The fourth-order valence-corrected chi connectivity index (χ4v) is 4.23. The molecule has 0 aliphatic rings. The fourth-order valence-electron chi connectivity index (χ4n) is 3.63. The van der Waals surface area contributed by atoms with Crippen LogP contribution in [0.3, 0.4) is 0 Å². The molecule has 3 aromatic rings. The summed E-state index contributed by atoms with van der Waals surface area (Å²) < 4.78 is 33.5. The molecule has 200 valence electrons. The van der Waals surface area contributed by atoms with Gasteiger partial charge in [-0.1, -0.05) is 48.3 Å². The first-order chi connectivity index (χ1) is 18.0. The molecule has 0 bridgehead atoms. The molecule has 0 aliphatic heterocycles. The lowest BCUT2D eigenvalue weighted by Crippen LogP contribution is -2.31. The highest BCUT2D eigenvalue weighted by atomic mass is 35.5. The number of carbonyl (C=O) groups excluding carboxylic acids is 2. The van der Waals surface area contributed by atoms with Crippen molar-refractivity contribution in [1.29, 1.82) is 0 Å². The maximum atomic E-state index is 14.0. The van der Waals surface area contributed by atoms with Gasteiger partial charge in [0.2, 0.25) is 0 Å². The van der Waals surface area contributed by atoms with Crippen molar-refractivity contribution < 1.29 is 28.3 Å². The highest BCUT2D eigenvalue weighted by Gasteiger charge is 2.29. The Hall–Kier alpha value is -3.66. The fraction of sp³-hybridized carbons (Fsp3) is 0.185. The molecule has 0 atom stereocenters. The molecule has 0 aromatic heterocycles. The smallest absolute Gasteiger partial charge is 0.275 e. The van der Waals surface area contributed by atoms with Crippen LogP contribution in [0.25, 0.3) is 11.1 Å². The van der Waals surface area contributed by atoms with Gasteiger partial charge < -0.3 is 15.4 Å². The van der Waals surface area contributed by atoms with Gasteiger partial charge in [0.1, 0.15) is 11.4 Å². The third kappa shape index (κ3) is 6.42. The van der Waals surface area contributed by atoms with Crippen LogP contribution in [-0.4, -0.2) is 24.1 Å². The Bertz CT molecular complexity index is 1380. The number of allylic oxidation sites excluding steroid dienone is 1. The minimum Gasteiger partial charge on any atom is -0.496 e. The van der Waals surface area contributed by atoms with Gasteiger partial charge in [0.15, 0.2) is 0 Å². The molecule has 0 radical (unpaired) electrons. The number of alkyl halides is 2. The minimum absolute atomic E-state index is 0.0295. The van der Waals surface area contributed by atoms with E-state index in [2.05, 4.69) is 10.6 Å². The molecule has 11 heteroatoms. The summed E-state index contributed by atoms with van der Waals surface area (Å²) in [6.45, 7) is 2.73. The number of amides is 2. The Kier molecular flexibility index (Phi) is 9.32. The topological polar surface area (TPSA) is 99.7 Å².